The van der Waals surface area contributed by atoms with Gasteiger partial charge >= 0.3 is 0 Å². The van der Waals surface area contributed by atoms with Crippen molar-refractivity contribution < 1.29 is 9.46 Å². The molecule has 12 heavy (non-hydrogen) atoms. The molecular formula is C8H22O2P2. The highest BCUT2D eigenvalue weighted by molar-refractivity contribution is 7.75. The minimum atomic E-state index is -1.75. The fraction of sp³-hybridized carbons (Fsp3) is 1.00. The van der Waals surface area contributed by atoms with E-state index < -0.39 is 15.9 Å². The molecule has 0 saturated carbocycles. The summed E-state index contributed by atoms with van der Waals surface area (Å²) in [6, 6.07) is 0. The minimum Gasteiger partial charge on any atom is -0.804 e. The van der Waals surface area contributed by atoms with E-state index in [0.717, 1.165) is 0 Å². The van der Waals surface area contributed by atoms with E-state index in [1.807, 2.05) is 0 Å². The van der Waals surface area contributed by atoms with Crippen LogP contribution in [0.1, 0.15) is 27.7 Å². The molecule has 0 saturated heterocycles. The van der Waals surface area contributed by atoms with Gasteiger partial charge in [-0.2, -0.15) is 0 Å². The molecule has 0 aliphatic rings. The number of rotatable bonds is 4. The summed E-state index contributed by atoms with van der Waals surface area (Å²) in [4.78, 5) is 8.46. The smallest absolute Gasteiger partial charge is 0.0565 e. The van der Waals surface area contributed by atoms with Gasteiger partial charge < -0.3 is 9.46 Å². The van der Waals surface area contributed by atoms with Crippen LogP contribution in [0.2, 0.25) is 0 Å². The third-order valence-electron chi connectivity index (χ3n) is 2.68. The summed E-state index contributed by atoms with van der Waals surface area (Å²) in [7, 11) is -2.17. The van der Waals surface area contributed by atoms with E-state index in [1.54, 1.807) is 0 Å². The zero-order valence-corrected chi connectivity index (χ0v) is 10.7. The molecule has 0 spiro atoms. The first-order valence-electron chi connectivity index (χ1n) is 4.56. The van der Waals surface area contributed by atoms with Crippen molar-refractivity contribution in [3.8, 4) is 0 Å². The Morgan fingerprint density at radius 2 is 1.17 bits per heavy atom. The average Bonchev–Trinajstić information content (AvgIpc) is 2.11. The van der Waals surface area contributed by atoms with Gasteiger partial charge in [0.25, 0.3) is 0 Å². The van der Waals surface area contributed by atoms with Gasteiger partial charge in [0.05, 0.1) is 24.6 Å². The van der Waals surface area contributed by atoms with Crippen molar-refractivity contribution in [2.75, 3.05) is 24.6 Å². The van der Waals surface area contributed by atoms with Crippen molar-refractivity contribution >= 4 is 15.9 Å². The zero-order chi connectivity index (χ0) is 10.0. The van der Waals surface area contributed by atoms with E-state index in [-0.39, 0.29) is 0 Å². The SMILES string of the molecule is CC[P+](CC)(CC)CC.O=[PH2][O-]. The molecule has 0 N–H and O–H groups in total. The molecule has 0 heterocycles. The van der Waals surface area contributed by atoms with Crippen LogP contribution in [0, 0.1) is 0 Å². The van der Waals surface area contributed by atoms with Gasteiger partial charge in [-0.25, -0.2) is 0 Å². The maximum absolute atomic E-state index is 8.46. The summed E-state index contributed by atoms with van der Waals surface area (Å²) in [6.45, 7) is 9.41. The lowest BCUT2D eigenvalue weighted by molar-refractivity contribution is -0.154. The minimum absolute atomic E-state index is 0.420. The standard InChI is InChI=1S/C8H20P.H3O2P/c1-5-9(6-2,7-3)8-4;1-3-2/h5-8H2,1-4H3;3H2,(H,1,2)/q+1;/p-1. The first-order valence-corrected chi connectivity index (χ1v) is 8.04. The van der Waals surface area contributed by atoms with E-state index in [0.29, 0.717) is 0 Å². The lowest BCUT2D eigenvalue weighted by Gasteiger charge is -2.20. The maximum atomic E-state index is 8.46. The summed E-state index contributed by atoms with van der Waals surface area (Å²) in [5.74, 6) is 0. The Morgan fingerprint density at radius 3 is 1.17 bits per heavy atom. The predicted molar refractivity (Wildman–Crippen MR) is 59.5 cm³/mol. The Bertz CT molecular complexity index is 85.7. The molecule has 0 rings (SSSR count). The first-order chi connectivity index (χ1) is 5.66. The second-order valence-electron chi connectivity index (χ2n) is 2.70. The molecule has 0 amide bonds. The van der Waals surface area contributed by atoms with Crippen LogP contribution >= 0.6 is 15.9 Å². The van der Waals surface area contributed by atoms with Gasteiger partial charge in [0.1, 0.15) is 0 Å². The third-order valence-corrected chi connectivity index (χ3v) is 8.05. The van der Waals surface area contributed by atoms with Crippen molar-refractivity contribution in [2.45, 2.75) is 27.7 Å². The molecule has 2 nitrogen and oxygen atoms in total. The summed E-state index contributed by atoms with van der Waals surface area (Å²) < 4.78 is 8.46. The highest BCUT2D eigenvalue weighted by Gasteiger charge is 2.27. The maximum Gasteiger partial charge on any atom is 0.0565 e. The molecule has 4 heteroatoms. The van der Waals surface area contributed by atoms with Gasteiger partial charge in [0, 0.05) is 7.26 Å². The highest BCUT2D eigenvalue weighted by atomic mass is 31.2. The van der Waals surface area contributed by atoms with Crippen LogP contribution in [-0.2, 0) is 4.57 Å². The van der Waals surface area contributed by atoms with Crippen LogP contribution < -0.4 is 4.89 Å². The van der Waals surface area contributed by atoms with Crippen molar-refractivity contribution in [3.63, 3.8) is 0 Å². The second-order valence-corrected chi connectivity index (χ2v) is 8.11. The van der Waals surface area contributed by atoms with Crippen molar-refractivity contribution in [3.05, 3.63) is 0 Å². The molecule has 0 aromatic heterocycles. The predicted octanol–water partition coefficient (Wildman–Crippen LogP) is 2.10. The fourth-order valence-corrected chi connectivity index (χ4v) is 4.02. The van der Waals surface area contributed by atoms with E-state index in [4.69, 9.17) is 9.46 Å². The average molecular weight is 212 g/mol. The van der Waals surface area contributed by atoms with Crippen LogP contribution in [0.25, 0.3) is 0 Å². The Hall–Kier alpha value is 0.620. The summed E-state index contributed by atoms with van der Waals surface area (Å²) in [5, 5.41) is 0. The van der Waals surface area contributed by atoms with Crippen LogP contribution in [0.15, 0.2) is 0 Å². The van der Waals surface area contributed by atoms with Gasteiger partial charge in [-0.15, -0.1) is 0 Å². The Morgan fingerprint density at radius 1 is 1.00 bits per heavy atom. The molecule has 0 bridgehead atoms. The molecule has 0 aromatic carbocycles. The molecule has 1 atom stereocenters. The van der Waals surface area contributed by atoms with Crippen molar-refractivity contribution in [2.24, 2.45) is 0 Å². The Kier molecular flexibility index (Phi) is 12.2. The molecular weight excluding hydrogens is 190 g/mol. The third kappa shape index (κ3) is 6.17. The van der Waals surface area contributed by atoms with Gasteiger partial charge in [0.15, 0.2) is 0 Å². The molecule has 0 fully saturated rings. The Labute approximate surface area is 78.4 Å². The zero-order valence-electron chi connectivity index (χ0n) is 8.67. The van der Waals surface area contributed by atoms with E-state index in [9.17, 15) is 0 Å². The number of hydrogen-bond donors (Lipinski definition) is 0. The molecule has 0 radical (unpaired) electrons. The largest absolute Gasteiger partial charge is 0.804 e. The molecule has 1 unspecified atom stereocenters. The van der Waals surface area contributed by atoms with Gasteiger partial charge in [0.2, 0.25) is 0 Å². The van der Waals surface area contributed by atoms with Crippen LogP contribution in [0.3, 0.4) is 0 Å². The number of hydrogen-bond acceptors (Lipinski definition) is 2. The summed E-state index contributed by atoms with van der Waals surface area (Å²) in [5.41, 5.74) is 0. The van der Waals surface area contributed by atoms with E-state index in [1.165, 1.54) is 24.6 Å². The van der Waals surface area contributed by atoms with E-state index >= 15 is 0 Å². The van der Waals surface area contributed by atoms with E-state index in [2.05, 4.69) is 27.7 Å². The topological polar surface area (TPSA) is 40.1 Å². The lowest BCUT2D eigenvalue weighted by atomic mass is 10.9. The van der Waals surface area contributed by atoms with Crippen molar-refractivity contribution in [1.29, 1.82) is 0 Å². The summed E-state index contributed by atoms with van der Waals surface area (Å²) in [6.07, 6.45) is 5.82. The fourth-order valence-electron chi connectivity index (χ4n) is 1.34. The van der Waals surface area contributed by atoms with Gasteiger partial charge in [-0.1, -0.05) is 0 Å². The molecule has 0 aliphatic carbocycles. The van der Waals surface area contributed by atoms with Crippen LogP contribution in [0.4, 0.5) is 0 Å². The van der Waals surface area contributed by atoms with Crippen LogP contribution in [0.5, 0.6) is 0 Å². The van der Waals surface area contributed by atoms with Crippen LogP contribution in [-0.4, -0.2) is 24.6 Å². The quantitative estimate of drug-likeness (QED) is 0.669. The normalized spacial score (nSPS) is 11.4. The molecule has 0 aromatic rings. The lowest BCUT2D eigenvalue weighted by Crippen LogP contribution is -2.04. The molecule has 76 valence electrons. The Balaban J connectivity index is 0. The monoisotopic (exact) mass is 212 g/mol. The summed E-state index contributed by atoms with van der Waals surface area (Å²) >= 11 is 0. The molecule has 0 aliphatic heterocycles. The second kappa shape index (κ2) is 9.71. The van der Waals surface area contributed by atoms with Crippen molar-refractivity contribution in [1.82, 2.24) is 0 Å². The first kappa shape index (κ1) is 15.1. The van der Waals surface area contributed by atoms with Gasteiger partial charge in [-0.05, 0) is 36.4 Å². The van der Waals surface area contributed by atoms with Gasteiger partial charge in [-0.3, -0.25) is 0 Å². The highest BCUT2D eigenvalue weighted by Crippen LogP contribution is 2.57.